The lowest BCUT2D eigenvalue weighted by molar-refractivity contribution is -0.145. The normalized spacial score (nSPS) is 13.7. The van der Waals surface area contributed by atoms with Crippen LogP contribution < -0.4 is 0 Å². The molecule has 0 aliphatic heterocycles. The van der Waals surface area contributed by atoms with Gasteiger partial charge in [0, 0.05) is 31.1 Å². The minimum absolute atomic E-state index is 0.0262. The fraction of sp³-hybridized carbons (Fsp3) is 0.328. The molecule has 0 spiro atoms. The Balaban J connectivity index is 0.935. The lowest BCUT2D eigenvalue weighted by Crippen LogP contribution is -2.27. The Bertz CT molecular complexity index is 2380. The Labute approximate surface area is 384 Å². The van der Waals surface area contributed by atoms with Gasteiger partial charge in [-0.05, 0) is 110 Å². The van der Waals surface area contributed by atoms with E-state index in [0.717, 1.165) is 66.5 Å². The van der Waals surface area contributed by atoms with E-state index in [9.17, 15) is 14.4 Å². The summed E-state index contributed by atoms with van der Waals surface area (Å²) in [5, 5.41) is 0. The number of carbonyl (C=O) groups excluding carboxylic acids is 3. The zero-order chi connectivity index (χ0) is 43.9. The topological polar surface area (TPSA) is 69.7 Å². The second-order valence-electron chi connectivity index (χ2n) is 18.1. The molecule has 0 amide bonds. The van der Waals surface area contributed by atoms with Crippen LogP contribution in [0.15, 0.2) is 146 Å². The van der Waals surface area contributed by atoms with Crippen molar-refractivity contribution in [2.75, 3.05) is 19.0 Å². The van der Waals surface area contributed by atoms with Crippen LogP contribution >= 0.6 is 12.6 Å². The first-order chi connectivity index (χ1) is 31.4. The smallest absolute Gasteiger partial charge is 0.305 e. The average Bonchev–Trinajstić information content (AvgIpc) is 3.97. The SMILES string of the molecule is O=C(CCC(CCCCCCCS)(CCC(=O)OCC1c2ccccc2-c2ccccc21)CCC(=O)C1c2ccccc2-c2ccccc21)OCC1c2ccccc2-c2ccccc21. The van der Waals surface area contributed by atoms with E-state index in [1.165, 1.54) is 44.5 Å². The van der Waals surface area contributed by atoms with Gasteiger partial charge in [-0.15, -0.1) is 0 Å². The van der Waals surface area contributed by atoms with Crippen molar-refractivity contribution in [1.29, 1.82) is 0 Å². The lowest BCUT2D eigenvalue weighted by Gasteiger charge is -2.34. The molecule has 6 heteroatoms. The van der Waals surface area contributed by atoms with Crippen molar-refractivity contribution in [3.63, 3.8) is 0 Å². The molecule has 6 aromatic carbocycles. The first kappa shape index (κ1) is 43.5. The number of ether oxygens (including phenoxy) is 2. The zero-order valence-electron chi connectivity index (χ0n) is 36.7. The fourth-order valence-corrected chi connectivity index (χ4v) is 11.3. The molecule has 0 aromatic heterocycles. The van der Waals surface area contributed by atoms with Gasteiger partial charge >= 0.3 is 11.9 Å². The van der Waals surface area contributed by atoms with Crippen molar-refractivity contribution in [3.8, 4) is 33.4 Å². The van der Waals surface area contributed by atoms with E-state index in [1.807, 2.05) is 48.5 Å². The molecule has 0 saturated carbocycles. The van der Waals surface area contributed by atoms with Crippen molar-refractivity contribution in [2.45, 2.75) is 94.8 Å². The Hall–Kier alpha value is -5.72. The molecule has 0 saturated heterocycles. The molecule has 6 aromatic rings. The van der Waals surface area contributed by atoms with Gasteiger partial charge in [0.05, 0.1) is 5.92 Å². The number of hydrogen-bond donors (Lipinski definition) is 1. The van der Waals surface area contributed by atoms with Gasteiger partial charge in [-0.2, -0.15) is 12.6 Å². The van der Waals surface area contributed by atoms with Crippen LogP contribution in [0.2, 0.25) is 0 Å². The van der Waals surface area contributed by atoms with E-state index in [-0.39, 0.29) is 61.5 Å². The lowest BCUT2D eigenvalue weighted by atomic mass is 9.70. The van der Waals surface area contributed by atoms with Crippen LogP contribution in [0, 0.1) is 5.41 Å². The highest BCUT2D eigenvalue weighted by atomic mass is 32.1. The number of unbranched alkanes of at least 4 members (excludes halogenated alkanes) is 4. The number of benzene rings is 6. The summed E-state index contributed by atoms with van der Waals surface area (Å²) in [6.07, 6.45) is 8.52. The summed E-state index contributed by atoms with van der Waals surface area (Å²) in [7, 11) is 0. The van der Waals surface area contributed by atoms with Crippen LogP contribution in [0.25, 0.3) is 33.4 Å². The maximum atomic E-state index is 14.7. The second-order valence-corrected chi connectivity index (χ2v) is 18.6. The van der Waals surface area contributed by atoms with Crippen molar-refractivity contribution >= 4 is 30.4 Å². The number of hydrogen-bond acceptors (Lipinski definition) is 6. The zero-order valence-corrected chi connectivity index (χ0v) is 37.6. The minimum Gasteiger partial charge on any atom is -0.465 e. The Kier molecular flexibility index (Phi) is 13.6. The van der Waals surface area contributed by atoms with Gasteiger partial charge in [0.15, 0.2) is 0 Å². The quantitative estimate of drug-likeness (QED) is 0.0443. The van der Waals surface area contributed by atoms with Crippen molar-refractivity contribution in [3.05, 3.63) is 179 Å². The van der Waals surface area contributed by atoms with Crippen LogP contribution in [-0.2, 0) is 23.9 Å². The van der Waals surface area contributed by atoms with Crippen LogP contribution in [0.5, 0.6) is 0 Å². The van der Waals surface area contributed by atoms with Crippen molar-refractivity contribution in [2.24, 2.45) is 5.41 Å². The third-order valence-electron chi connectivity index (χ3n) is 14.4. The number of thiol groups is 1. The van der Waals surface area contributed by atoms with Crippen LogP contribution in [0.1, 0.15) is 128 Å². The molecular formula is C58H58O5S. The van der Waals surface area contributed by atoms with Gasteiger partial charge in [-0.25, -0.2) is 0 Å². The van der Waals surface area contributed by atoms with E-state index in [0.29, 0.717) is 25.7 Å². The summed E-state index contributed by atoms with van der Waals surface area (Å²) < 4.78 is 12.3. The van der Waals surface area contributed by atoms with Crippen LogP contribution in [0.3, 0.4) is 0 Å². The maximum Gasteiger partial charge on any atom is 0.305 e. The summed E-state index contributed by atoms with van der Waals surface area (Å²) >= 11 is 4.43. The number of esters is 2. The minimum atomic E-state index is -0.450. The molecule has 326 valence electrons. The Morgan fingerprint density at radius 2 is 0.734 bits per heavy atom. The molecular weight excluding hydrogens is 809 g/mol. The van der Waals surface area contributed by atoms with E-state index >= 15 is 0 Å². The molecule has 5 nitrogen and oxygen atoms in total. The molecule has 0 radical (unpaired) electrons. The second kappa shape index (κ2) is 20.0. The summed E-state index contributed by atoms with van der Waals surface area (Å²) in [4.78, 5) is 42.5. The van der Waals surface area contributed by atoms with Gasteiger partial charge in [0.25, 0.3) is 0 Å². The van der Waals surface area contributed by atoms with Crippen LogP contribution in [0.4, 0.5) is 0 Å². The first-order valence-electron chi connectivity index (χ1n) is 23.4. The largest absolute Gasteiger partial charge is 0.465 e. The number of rotatable bonds is 21. The highest BCUT2D eigenvalue weighted by Gasteiger charge is 2.38. The van der Waals surface area contributed by atoms with Gasteiger partial charge < -0.3 is 9.47 Å². The monoisotopic (exact) mass is 866 g/mol. The van der Waals surface area contributed by atoms with Crippen molar-refractivity contribution < 1.29 is 23.9 Å². The number of carbonyl (C=O) groups is 3. The maximum absolute atomic E-state index is 14.7. The third kappa shape index (κ3) is 9.13. The molecule has 3 aliphatic rings. The van der Waals surface area contributed by atoms with Crippen LogP contribution in [-0.4, -0.2) is 36.7 Å². The average molecular weight is 867 g/mol. The highest BCUT2D eigenvalue weighted by Crippen LogP contribution is 2.49. The molecule has 0 heterocycles. The highest BCUT2D eigenvalue weighted by molar-refractivity contribution is 7.80. The molecule has 64 heavy (non-hydrogen) atoms. The number of ketones is 1. The predicted octanol–water partition coefficient (Wildman–Crippen LogP) is 13.7. The summed E-state index contributed by atoms with van der Waals surface area (Å²) in [6, 6.07) is 50.1. The Morgan fingerprint density at radius 1 is 0.406 bits per heavy atom. The number of fused-ring (bicyclic) bond motifs is 9. The fourth-order valence-electron chi connectivity index (χ4n) is 11.0. The van der Waals surface area contributed by atoms with Gasteiger partial charge in [0.2, 0.25) is 0 Å². The Morgan fingerprint density at radius 3 is 1.14 bits per heavy atom. The van der Waals surface area contributed by atoms with Gasteiger partial charge in [-0.3, -0.25) is 14.4 Å². The van der Waals surface area contributed by atoms with Gasteiger partial charge in [-0.1, -0.05) is 171 Å². The first-order valence-corrected chi connectivity index (χ1v) is 24.1. The van der Waals surface area contributed by atoms with Crippen molar-refractivity contribution in [1.82, 2.24) is 0 Å². The van der Waals surface area contributed by atoms with E-state index in [1.54, 1.807) is 0 Å². The van der Waals surface area contributed by atoms with E-state index in [2.05, 4.69) is 110 Å². The molecule has 0 fully saturated rings. The molecule has 9 rings (SSSR count). The molecule has 0 atom stereocenters. The standard InChI is InChI=1S/C58H58O5S/c59-54(57-50-28-14-12-22-44(50)45-23-13-15-29-51(45)57)30-34-58(33-16-2-1-3-17-37-64,35-31-55(60)62-38-52-46-24-8-4-18-40(46)41-19-5-9-25-47(41)52)36-32-56(61)63-39-53-48-26-10-6-20-42(48)43-21-7-11-27-49(43)53/h4-15,18-29,52-53,57,64H,1-3,16-17,30-39H2. The van der Waals surface area contributed by atoms with Gasteiger partial charge in [0.1, 0.15) is 19.0 Å². The molecule has 0 N–H and O–H groups in total. The molecule has 0 unspecified atom stereocenters. The third-order valence-corrected chi connectivity index (χ3v) is 14.7. The number of Topliss-reactive ketones (excluding diaryl/α,β-unsaturated/α-hetero) is 1. The summed E-state index contributed by atoms with van der Waals surface area (Å²) in [6.45, 7) is 0.535. The summed E-state index contributed by atoms with van der Waals surface area (Å²) in [5.74, 6) is 0.175. The molecule has 0 bridgehead atoms. The van der Waals surface area contributed by atoms with E-state index in [4.69, 9.17) is 9.47 Å². The van der Waals surface area contributed by atoms with E-state index < -0.39 is 5.41 Å². The summed E-state index contributed by atoms with van der Waals surface area (Å²) in [5.41, 5.74) is 13.4. The molecule has 3 aliphatic carbocycles. The predicted molar refractivity (Wildman–Crippen MR) is 260 cm³/mol.